The second-order valence-corrected chi connectivity index (χ2v) is 5.87. The molecule has 0 radical (unpaired) electrons. The van der Waals surface area contributed by atoms with Crippen molar-refractivity contribution in [1.29, 1.82) is 0 Å². The number of nitrogens with zero attached hydrogens (tertiary/aromatic N) is 1. The fraction of sp³-hybridized carbons (Fsp3) is 0.875. The number of carboxylic acid groups (broad SMARTS) is 1. The summed E-state index contributed by atoms with van der Waals surface area (Å²) in [6.07, 6.45) is 1.50. The van der Waals surface area contributed by atoms with Crippen LogP contribution in [-0.4, -0.2) is 43.9 Å². The van der Waals surface area contributed by atoms with Crippen LogP contribution in [0.25, 0.3) is 0 Å². The SMILES string of the molecule is CN(C)S(=O)(=O)N[C@H]1CC[C@@H](C(=O)O)C1. The number of hydrogen-bond donors (Lipinski definition) is 2. The van der Waals surface area contributed by atoms with Gasteiger partial charge in [-0.3, -0.25) is 4.79 Å². The van der Waals surface area contributed by atoms with E-state index in [9.17, 15) is 13.2 Å². The van der Waals surface area contributed by atoms with E-state index < -0.39 is 22.1 Å². The van der Waals surface area contributed by atoms with Crippen LogP contribution >= 0.6 is 0 Å². The van der Waals surface area contributed by atoms with Gasteiger partial charge in [0.2, 0.25) is 0 Å². The smallest absolute Gasteiger partial charge is 0.306 e. The van der Waals surface area contributed by atoms with Crippen molar-refractivity contribution >= 4 is 16.2 Å². The summed E-state index contributed by atoms with van der Waals surface area (Å²) in [7, 11) is -0.567. The highest BCUT2D eigenvalue weighted by molar-refractivity contribution is 7.87. The molecule has 2 N–H and O–H groups in total. The minimum Gasteiger partial charge on any atom is -0.481 e. The average molecular weight is 236 g/mol. The Kier molecular flexibility index (Phi) is 3.69. The maximum absolute atomic E-state index is 11.4. The summed E-state index contributed by atoms with van der Waals surface area (Å²) < 4.78 is 26.4. The van der Waals surface area contributed by atoms with Crippen molar-refractivity contribution in [3.8, 4) is 0 Å². The fourth-order valence-corrected chi connectivity index (χ4v) is 2.48. The van der Waals surface area contributed by atoms with Crippen molar-refractivity contribution in [2.24, 2.45) is 5.92 Å². The Balaban J connectivity index is 2.53. The van der Waals surface area contributed by atoms with Crippen molar-refractivity contribution in [2.75, 3.05) is 14.1 Å². The maximum atomic E-state index is 11.4. The Morgan fingerprint density at radius 1 is 1.40 bits per heavy atom. The van der Waals surface area contributed by atoms with E-state index in [1.807, 2.05) is 0 Å². The molecule has 0 heterocycles. The van der Waals surface area contributed by atoms with Crippen molar-refractivity contribution in [3.63, 3.8) is 0 Å². The van der Waals surface area contributed by atoms with Gasteiger partial charge in [0.25, 0.3) is 10.2 Å². The Labute approximate surface area is 89.4 Å². The maximum Gasteiger partial charge on any atom is 0.306 e. The van der Waals surface area contributed by atoms with Crippen molar-refractivity contribution in [1.82, 2.24) is 9.03 Å². The number of rotatable bonds is 4. The zero-order chi connectivity index (χ0) is 11.6. The van der Waals surface area contributed by atoms with Gasteiger partial charge >= 0.3 is 5.97 Å². The molecular weight excluding hydrogens is 220 g/mol. The molecule has 7 heteroatoms. The molecule has 88 valence electrons. The van der Waals surface area contributed by atoms with E-state index in [0.29, 0.717) is 19.3 Å². The van der Waals surface area contributed by atoms with Gasteiger partial charge in [0.1, 0.15) is 0 Å². The Morgan fingerprint density at radius 2 is 2.00 bits per heavy atom. The average Bonchev–Trinajstić information content (AvgIpc) is 2.51. The normalized spacial score (nSPS) is 27.1. The van der Waals surface area contributed by atoms with Crippen LogP contribution in [0.2, 0.25) is 0 Å². The first-order valence-corrected chi connectivity index (χ1v) is 6.19. The molecule has 0 saturated heterocycles. The Bertz CT molecular complexity index is 339. The van der Waals surface area contributed by atoms with Gasteiger partial charge in [0.15, 0.2) is 0 Å². The molecule has 0 aliphatic heterocycles. The lowest BCUT2D eigenvalue weighted by atomic mass is 10.1. The molecule has 15 heavy (non-hydrogen) atoms. The molecule has 0 aromatic rings. The summed E-state index contributed by atoms with van der Waals surface area (Å²) >= 11 is 0. The highest BCUT2D eigenvalue weighted by Crippen LogP contribution is 2.26. The van der Waals surface area contributed by atoms with Gasteiger partial charge in [-0.2, -0.15) is 17.4 Å². The van der Waals surface area contributed by atoms with Crippen LogP contribution in [0.3, 0.4) is 0 Å². The van der Waals surface area contributed by atoms with Gasteiger partial charge in [-0.05, 0) is 19.3 Å². The number of aliphatic carboxylic acids is 1. The van der Waals surface area contributed by atoms with E-state index in [4.69, 9.17) is 5.11 Å². The van der Waals surface area contributed by atoms with E-state index in [2.05, 4.69) is 4.72 Å². The van der Waals surface area contributed by atoms with Crippen molar-refractivity contribution in [2.45, 2.75) is 25.3 Å². The van der Waals surface area contributed by atoms with Crippen LogP contribution in [0.4, 0.5) is 0 Å². The van der Waals surface area contributed by atoms with Gasteiger partial charge in [-0.1, -0.05) is 0 Å². The molecular formula is C8H16N2O4S. The highest BCUT2D eigenvalue weighted by atomic mass is 32.2. The predicted octanol–water partition coefficient (Wildman–Crippen LogP) is -0.364. The molecule has 1 aliphatic carbocycles. The van der Waals surface area contributed by atoms with Gasteiger partial charge in [0, 0.05) is 20.1 Å². The summed E-state index contributed by atoms with van der Waals surface area (Å²) in [6, 6.07) is -0.251. The first kappa shape index (κ1) is 12.4. The zero-order valence-electron chi connectivity index (χ0n) is 8.80. The molecule has 1 fully saturated rings. The zero-order valence-corrected chi connectivity index (χ0v) is 9.62. The summed E-state index contributed by atoms with van der Waals surface area (Å²) in [4.78, 5) is 10.7. The summed E-state index contributed by atoms with van der Waals surface area (Å²) in [5.41, 5.74) is 0. The summed E-state index contributed by atoms with van der Waals surface area (Å²) in [6.45, 7) is 0. The molecule has 0 amide bonds. The third-order valence-electron chi connectivity index (χ3n) is 2.58. The number of nitrogens with one attached hydrogen (secondary N) is 1. The molecule has 6 nitrogen and oxygen atoms in total. The summed E-state index contributed by atoms with van der Waals surface area (Å²) in [5.74, 6) is -1.26. The third kappa shape index (κ3) is 3.15. The Hall–Kier alpha value is -0.660. The van der Waals surface area contributed by atoms with Crippen LogP contribution in [0.15, 0.2) is 0 Å². The second-order valence-electron chi connectivity index (χ2n) is 3.95. The lowest BCUT2D eigenvalue weighted by Gasteiger charge is -2.16. The molecule has 1 saturated carbocycles. The number of carboxylic acids is 1. The number of carbonyl (C=O) groups is 1. The van der Waals surface area contributed by atoms with Gasteiger partial charge < -0.3 is 5.11 Å². The van der Waals surface area contributed by atoms with Crippen LogP contribution in [0, 0.1) is 5.92 Å². The first-order valence-electron chi connectivity index (χ1n) is 4.75. The minimum absolute atomic E-state index is 0.251. The van der Waals surface area contributed by atoms with Crippen LogP contribution < -0.4 is 4.72 Å². The Morgan fingerprint density at radius 3 is 2.40 bits per heavy atom. The van der Waals surface area contributed by atoms with E-state index in [-0.39, 0.29) is 6.04 Å². The van der Waals surface area contributed by atoms with E-state index in [0.717, 1.165) is 4.31 Å². The first-order chi connectivity index (χ1) is 6.83. The standard InChI is InChI=1S/C8H16N2O4S/c1-10(2)15(13,14)9-7-4-3-6(5-7)8(11)12/h6-7,9H,3-5H2,1-2H3,(H,11,12)/t6-,7+/m1/s1. The molecule has 0 spiro atoms. The summed E-state index contributed by atoms with van der Waals surface area (Å²) in [5, 5.41) is 8.75. The second kappa shape index (κ2) is 4.46. The third-order valence-corrected chi connectivity index (χ3v) is 4.17. The highest BCUT2D eigenvalue weighted by Gasteiger charge is 2.32. The van der Waals surface area contributed by atoms with E-state index in [1.165, 1.54) is 14.1 Å². The molecule has 0 aromatic heterocycles. The molecule has 2 atom stereocenters. The monoisotopic (exact) mass is 236 g/mol. The molecule has 0 aromatic carbocycles. The molecule has 0 bridgehead atoms. The largest absolute Gasteiger partial charge is 0.481 e. The lowest BCUT2D eigenvalue weighted by molar-refractivity contribution is -0.141. The minimum atomic E-state index is -3.44. The van der Waals surface area contributed by atoms with Crippen LogP contribution in [0.5, 0.6) is 0 Å². The van der Waals surface area contributed by atoms with Gasteiger partial charge in [-0.25, -0.2) is 0 Å². The number of hydrogen-bond acceptors (Lipinski definition) is 3. The van der Waals surface area contributed by atoms with E-state index >= 15 is 0 Å². The topological polar surface area (TPSA) is 86.7 Å². The van der Waals surface area contributed by atoms with Crippen molar-refractivity contribution < 1.29 is 18.3 Å². The van der Waals surface area contributed by atoms with Gasteiger partial charge in [-0.15, -0.1) is 0 Å². The van der Waals surface area contributed by atoms with Gasteiger partial charge in [0.05, 0.1) is 5.92 Å². The fourth-order valence-electron chi connectivity index (χ4n) is 1.63. The predicted molar refractivity (Wildman–Crippen MR) is 54.5 cm³/mol. The quantitative estimate of drug-likeness (QED) is 0.697. The van der Waals surface area contributed by atoms with Crippen LogP contribution in [-0.2, 0) is 15.0 Å². The molecule has 1 aliphatic rings. The van der Waals surface area contributed by atoms with Crippen LogP contribution in [0.1, 0.15) is 19.3 Å². The van der Waals surface area contributed by atoms with Crippen molar-refractivity contribution in [3.05, 3.63) is 0 Å². The van der Waals surface area contributed by atoms with E-state index in [1.54, 1.807) is 0 Å². The molecule has 1 rings (SSSR count). The lowest BCUT2D eigenvalue weighted by Crippen LogP contribution is -2.41. The molecule has 0 unspecified atom stereocenters.